The second kappa shape index (κ2) is 13.5. The van der Waals surface area contributed by atoms with Crippen molar-refractivity contribution in [2.24, 2.45) is 7.05 Å². The lowest BCUT2D eigenvalue weighted by Gasteiger charge is -2.33. The molecule has 0 spiro atoms. The number of likely N-dealkylation sites (N-methyl/N-ethyl adjacent to an activating group) is 1. The molecule has 2 amide bonds. The Morgan fingerprint density at radius 2 is 1.81 bits per heavy atom. The SMILES string of the molecule is CN1CCN(Cc2ccc(NC(=O)Cc3cccc(C#Cc4cnc(N)cc4-c4cc5c(n4C)CCNC5=O)c3)cc2C(F)(F)F)CC1. The van der Waals surface area contributed by atoms with Crippen LogP contribution in [0.25, 0.3) is 11.3 Å². The van der Waals surface area contributed by atoms with Gasteiger partial charge in [-0.15, -0.1) is 0 Å². The Balaban J connectivity index is 1.17. The van der Waals surface area contributed by atoms with E-state index in [0.717, 1.165) is 36.1 Å². The van der Waals surface area contributed by atoms with Crippen LogP contribution in [0.2, 0.25) is 0 Å². The molecule has 2 aliphatic heterocycles. The van der Waals surface area contributed by atoms with Crippen molar-refractivity contribution in [3.05, 3.63) is 99.9 Å². The summed E-state index contributed by atoms with van der Waals surface area (Å²) in [7, 11) is 3.90. The number of fused-ring (bicyclic) bond motifs is 1. The van der Waals surface area contributed by atoms with E-state index < -0.39 is 17.6 Å². The molecule has 2 aromatic carbocycles. The van der Waals surface area contributed by atoms with Gasteiger partial charge in [0.1, 0.15) is 5.82 Å². The van der Waals surface area contributed by atoms with Crippen LogP contribution >= 0.6 is 0 Å². The smallest absolute Gasteiger partial charge is 0.384 e. The Kier molecular flexibility index (Phi) is 9.26. The maximum atomic E-state index is 14.0. The maximum Gasteiger partial charge on any atom is 0.416 e. The highest BCUT2D eigenvalue weighted by Crippen LogP contribution is 2.35. The Labute approximate surface area is 276 Å². The van der Waals surface area contributed by atoms with Gasteiger partial charge in [-0.2, -0.15) is 13.2 Å². The molecule has 2 aromatic heterocycles. The van der Waals surface area contributed by atoms with E-state index in [-0.39, 0.29) is 30.1 Å². The Hall–Kier alpha value is -5.12. The van der Waals surface area contributed by atoms with Crippen molar-refractivity contribution in [1.82, 2.24) is 24.7 Å². The zero-order valence-electron chi connectivity index (χ0n) is 26.7. The zero-order chi connectivity index (χ0) is 34.0. The Morgan fingerprint density at radius 3 is 2.56 bits per heavy atom. The molecule has 0 unspecified atom stereocenters. The molecule has 0 radical (unpaired) electrons. The van der Waals surface area contributed by atoms with E-state index in [2.05, 4.69) is 32.4 Å². The number of alkyl halides is 3. The summed E-state index contributed by atoms with van der Waals surface area (Å²) in [6.45, 7) is 3.77. The van der Waals surface area contributed by atoms with E-state index >= 15 is 0 Å². The molecule has 2 aliphatic rings. The van der Waals surface area contributed by atoms with Crippen molar-refractivity contribution in [3.8, 4) is 23.1 Å². The molecule has 0 bridgehead atoms. The van der Waals surface area contributed by atoms with Crippen LogP contribution in [0.5, 0.6) is 0 Å². The minimum atomic E-state index is -4.55. The number of hydrogen-bond donors (Lipinski definition) is 3. The topological polar surface area (TPSA) is 109 Å². The first-order valence-corrected chi connectivity index (χ1v) is 15.7. The quantitative estimate of drug-likeness (QED) is 0.268. The van der Waals surface area contributed by atoms with Crippen molar-refractivity contribution in [2.75, 3.05) is 50.8 Å². The molecule has 0 aliphatic carbocycles. The Morgan fingerprint density at radius 1 is 1.02 bits per heavy atom. The zero-order valence-corrected chi connectivity index (χ0v) is 26.7. The summed E-state index contributed by atoms with van der Waals surface area (Å²) in [5.41, 5.74) is 10.6. The van der Waals surface area contributed by atoms with Crippen LogP contribution in [-0.2, 0) is 37.4 Å². The normalized spacial score (nSPS) is 15.3. The van der Waals surface area contributed by atoms with Crippen LogP contribution in [0.3, 0.4) is 0 Å². The van der Waals surface area contributed by atoms with Gasteiger partial charge >= 0.3 is 6.18 Å². The number of anilines is 2. The number of nitrogens with two attached hydrogens (primary N) is 1. The predicted octanol–water partition coefficient (Wildman–Crippen LogP) is 4.30. The number of carbonyl (C=O) groups is 2. The number of halogens is 3. The second-order valence-electron chi connectivity index (χ2n) is 12.2. The van der Waals surface area contributed by atoms with Crippen LogP contribution in [0.4, 0.5) is 24.7 Å². The molecule has 4 N–H and O–H groups in total. The van der Waals surface area contributed by atoms with Gasteiger partial charge in [-0.1, -0.05) is 30.0 Å². The highest BCUT2D eigenvalue weighted by atomic mass is 19.4. The molecule has 9 nitrogen and oxygen atoms in total. The summed E-state index contributed by atoms with van der Waals surface area (Å²) in [6, 6.07) is 14.7. The molecule has 1 saturated heterocycles. The summed E-state index contributed by atoms with van der Waals surface area (Å²) in [4.78, 5) is 33.8. The number of nitrogens with one attached hydrogen (secondary N) is 2. The van der Waals surface area contributed by atoms with Gasteiger partial charge in [-0.25, -0.2) is 4.98 Å². The number of carbonyl (C=O) groups excluding carboxylic acids is 2. The number of amides is 2. The minimum absolute atomic E-state index is 0.0500. The van der Waals surface area contributed by atoms with E-state index in [1.807, 2.05) is 29.6 Å². The van der Waals surface area contributed by atoms with Gasteiger partial charge < -0.3 is 25.8 Å². The Bertz CT molecular complexity index is 1930. The molecule has 48 heavy (non-hydrogen) atoms. The van der Waals surface area contributed by atoms with Gasteiger partial charge in [0.2, 0.25) is 5.91 Å². The summed E-state index contributed by atoms with van der Waals surface area (Å²) in [5, 5.41) is 5.50. The van der Waals surface area contributed by atoms with Crippen LogP contribution in [-0.4, -0.2) is 70.9 Å². The van der Waals surface area contributed by atoms with Crippen LogP contribution in [0.1, 0.15) is 43.9 Å². The average molecular weight is 656 g/mol. The molecule has 4 aromatic rings. The first-order chi connectivity index (χ1) is 22.9. The second-order valence-corrected chi connectivity index (χ2v) is 12.2. The number of piperazine rings is 1. The lowest BCUT2D eigenvalue weighted by atomic mass is 10.0. The van der Waals surface area contributed by atoms with Gasteiger partial charge in [-0.3, -0.25) is 14.5 Å². The number of benzene rings is 2. The molecule has 6 rings (SSSR count). The fraction of sp³-hybridized carbons (Fsp3) is 0.306. The number of rotatable bonds is 6. The van der Waals surface area contributed by atoms with Crippen molar-refractivity contribution < 1.29 is 22.8 Å². The third kappa shape index (κ3) is 7.38. The van der Waals surface area contributed by atoms with Crippen molar-refractivity contribution in [3.63, 3.8) is 0 Å². The average Bonchev–Trinajstić information content (AvgIpc) is 3.39. The molecular weight excluding hydrogens is 619 g/mol. The minimum Gasteiger partial charge on any atom is -0.384 e. The lowest BCUT2D eigenvalue weighted by molar-refractivity contribution is -0.138. The third-order valence-corrected chi connectivity index (χ3v) is 8.77. The van der Waals surface area contributed by atoms with E-state index in [1.54, 1.807) is 36.5 Å². The molecule has 1 fully saturated rings. The van der Waals surface area contributed by atoms with Crippen LogP contribution in [0, 0.1) is 11.8 Å². The summed E-state index contributed by atoms with van der Waals surface area (Å²) in [5.74, 6) is 6.04. The molecular formula is C36H36F3N7O2. The van der Waals surface area contributed by atoms with Gasteiger partial charge in [0.15, 0.2) is 0 Å². The maximum absolute atomic E-state index is 14.0. The van der Waals surface area contributed by atoms with Gasteiger partial charge in [-0.05, 0) is 54.6 Å². The standard InChI is InChI=1S/C36H36F3N7O2/c1-44-12-14-46(15-13-44)22-26-8-9-27(18-30(26)36(37,38)39)43-34(47)17-24-5-3-4-23(16-24)6-7-25-21-42-33(40)20-28(25)32-19-29-31(45(32)2)10-11-41-35(29)48/h3-5,8-9,16,18-21H,10-15,17,22H2,1-2H3,(H2,40,42)(H,41,48)(H,43,47). The van der Waals surface area contributed by atoms with Crippen molar-refractivity contribution >= 4 is 23.3 Å². The summed E-state index contributed by atoms with van der Waals surface area (Å²) in [6.07, 6.45) is -2.30. The first-order valence-electron chi connectivity index (χ1n) is 15.7. The number of aromatic nitrogens is 2. The molecule has 12 heteroatoms. The van der Waals surface area contributed by atoms with Crippen LogP contribution < -0.4 is 16.4 Å². The fourth-order valence-corrected chi connectivity index (χ4v) is 6.17. The highest BCUT2D eigenvalue weighted by molar-refractivity contribution is 5.98. The largest absolute Gasteiger partial charge is 0.416 e. The van der Waals surface area contributed by atoms with Gasteiger partial charge in [0.25, 0.3) is 5.91 Å². The van der Waals surface area contributed by atoms with Gasteiger partial charge in [0, 0.05) is 81.4 Å². The highest BCUT2D eigenvalue weighted by Gasteiger charge is 2.34. The number of pyridine rings is 1. The number of hydrogen-bond acceptors (Lipinski definition) is 6. The van der Waals surface area contributed by atoms with Gasteiger partial charge in [0.05, 0.1) is 28.8 Å². The van der Waals surface area contributed by atoms with Crippen molar-refractivity contribution in [1.29, 1.82) is 0 Å². The fourth-order valence-electron chi connectivity index (χ4n) is 6.17. The first kappa shape index (κ1) is 32.8. The molecule has 0 saturated carbocycles. The van der Waals surface area contributed by atoms with Crippen LogP contribution in [0.15, 0.2) is 60.8 Å². The third-order valence-electron chi connectivity index (χ3n) is 8.77. The number of nitrogens with zero attached hydrogens (tertiary/aromatic N) is 4. The molecule has 248 valence electrons. The van der Waals surface area contributed by atoms with E-state index in [9.17, 15) is 22.8 Å². The summed E-state index contributed by atoms with van der Waals surface area (Å²) >= 11 is 0. The van der Waals surface area contributed by atoms with Crippen molar-refractivity contribution in [2.45, 2.75) is 25.6 Å². The monoisotopic (exact) mass is 655 g/mol. The van der Waals surface area contributed by atoms with E-state index in [1.165, 1.54) is 12.1 Å². The lowest BCUT2D eigenvalue weighted by Crippen LogP contribution is -2.44. The summed E-state index contributed by atoms with van der Waals surface area (Å²) < 4.78 is 44.0. The van der Waals surface area contributed by atoms with E-state index in [0.29, 0.717) is 54.1 Å². The predicted molar refractivity (Wildman–Crippen MR) is 178 cm³/mol. The molecule has 4 heterocycles. The number of nitrogen functional groups attached to an aromatic ring is 1. The van der Waals surface area contributed by atoms with E-state index in [4.69, 9.17) is 5.73 Å². The molecule has 0 atom stereocenters.